The van der Waals surface area contributed by atoms with Crippen molar-refractivity contribution in [2.24, 2.45) is 0 Å². The van der Waals surface area contributed by atoms with Gasteiger partial charge in [-0.15, -0.1) is 0 Å². The van der Waals surface area contributed by atoms with E-state index >= 15 is 0 Å². The molecule has 29 heavy (non-hydrogen) atoms. The molecule has 2 aromatic heterocycles. The highest BCUT2D eigenvalue weighted by molar-refractivity contribution is 5.98. The molecule has 0 unspecified atom stereocenters. The number of carbonyl (C=O) groups is 1. The predicted octanol–water partition coefficient (Wildman–Crippen LogP) is 1.88. The standard InChI is InChI=1S/C21H27N3O5/c1-2-29-21(27)17-18(25)16-12-15(14-4-3-5-14)13-22-19(16)24(20(17)26)7-6-23-8-10-28-11-9-23/h12-14,25H,2-11H2,1H3. The fourth-order valence-electron chi connectivity index (χ4n) is 3.96. The molecule has 0 aromatic carbocycles. The quantitative estimate of drug-likeness (QED) is 0.739. The lowest BCUT2D eigenvalue weighted by molar-refractivity contribution is 0.0364. The van der Waals surface area contributed by atoms with E-state index in [0.717, 1.165) is 31.5 Å². The minimum absolute atomic E-state index is 0.129. The Morgan fingerprint density at radius 2 is 2.07 bits per heavy atom. The minimum Gasteiger partial charge on any atom is -0.506 e. The first kappa shape index (κ1) is 19.8. The molecule has 1 N–H and O–H groups in total. The average molecular weight is 401 g/mol. The van der Waals surface area contributed by atoms with Gasteiger partial charge < -0.3 is 14.6 Å². The molecule has 156 valence electrons. The average Bonchev–Trinajstić information content (AvgIpc) is 2.68. The molecule has 0 spiro atoms. The Hall–Kier alpha value is -2.45. The van der Waals surface area contributed by atoms with Gasteiger partial charge in [0.2, 0.25) is 0 Å². The molecule has 0 atom stereocenters. The minimum atomic E-state index is -0.800. The Morgan fingerprint density at radius 1 is 1.31 bits per heavy atom. The van der Waals surface area contributed by atoms with Crippen LogP contribution in [0.25, 0.3) is 11.0 Å². The number of nitrogens with zero attached hydrogens (tertiary/aromatic N) is 3. The van der Waals surface area contributed by atoms with Crippen LogP contribution < -0.4 is 5.56 Å². The lowest BCUT2D eigenvalue weighted by Gasteiger charge is -2.27. The molecule has 3 heterocycles. The molecule has 2 aliphatic rings. The van der Waals surface area contributed by atoms with Crippen LogP contribution in [0, 0.1) is 0 Å². The number of hydrogen-bond acceptors (Lipinski definition) is 7. The summed E-state index contributed by atoms with van der Waals surface area (Å²) in [4.78, 5) is 32.3. The summed E-state index contributed by atoms with van der Waals surface area (Å²) >= 11 is 0. The Morgan fingerprint density at radius 3 is 2.72 bits per heavy atom. The van der Waals surface area contributed by atoms with Gasteiger partial charge in [0, 0.05) is 32.4 Å². The van der Waals surface area contributed by atoms with Crippen molar-refractivity contribution >= 4 is 17.0 Å². The van der Waals surface area contributed by atoms with Crippen molar-refractivity contribution in [1.29, 1.82) is 0 Å². The van der Waals surface area contributed by atoms with Crippen LogP contribution in [0.3, 0.4) is 0 Å². The molecule has 2 aromatic rings. The maximum Gasteiger partial charge on any atom is 0.347 e. The lowest BCUT2D eigenvalue weighted by Crippen LogP contribution is -2.40. The van der Waals surface area contributed by atoms with Gasteiger partial charge in [0.1, 0.15) is 11.4 Å². The monoisotopic (exact) mass is 401 g/mol. The van der Waals surface area contributed by atoms with Crippen LogP contribution in [-0.4, -0.2) is 65.0 Å². The summed E-state index contributed by atoms with van der Waals surface area (Å²) in [6.07, 6.45) is 5.16. The Bertz CT molecular complexity index is 961. The van der Waals surface area contributed by atoms with Crippen LogP contribution in [0.5, 0.6) is 5.75 Å². The Kier molecular flexibility index (Phi) is 5.82. The van der Waals surface area contributed by atoms with Crippen molar-refractivity contribution < 1.29 is 19.4 Å². The molecular formula is C21H27N3O5. The van der Waals surface area contributed by atoms with Crippen molar-refractivity contribution in [2.45, 2.75) is 38.6 Å². The molecule has 1 aliphatic heterocycles. The first-order valence-electron chi connectivity index (χ1n) is 10.3. The normalized spacial score (nSPS) is 18.0. The maximum absolute atomic E-state index is 13.1. The van der Waals surface area contributed by atoms with Gasteiger partial charge in [0.15, 0.2) is 5.56 Å². The van der Waals surface area contributed by atoms with Gasteiger partial charge in [-0.05, 0) is 37.3 Å². The fraction of sp³-hybridized carbons (Fsp3) is 0.571. The largest absolute Gasteiger partial charge is 0.506 e. The van der Waals surface area contributed by atoms with E-state index in [9.17, 15) is 14.7 Å². The van der Waals surface area contributed by atoms with Gasteiger partial charge in [0.25, 0.3) is 5.56 Å². The summed E-state index contributed by atoms with van der Waals surface area (Å²) in [6, 6.07) is 1.87. The second-order valence-corrected chi connectivity index (χ2v) is 7.62. The number of hydrogen-bond donors (Lipinski definition) is 1. The third-order valence-electron chi connectivity index (χ3n) is 5.89. The van der Waals surface area contributed by atoms with Crippen LogP contribution >= 0.6 is 0 Å². The van der Waals surface area contributed by atoms with E-state index in [1.807, 2.05) is 6.07 Å². The molecule has 0 bridgehead atoms. The zero-order chi connectivity index (χ0) is 20.4. The van der Waals surface area contributed by atoms with Gasteiger partial charge in [0.05, 0.1) is 25.2 Å². The first-order chi connectivity index (χ1) is 14.1. The summed E-state index contributed by atoms with van der Waals surface area (Å²) in [5.74, 6) is -0.711. The van der Waals surface area contributed by atoms with Crippen LogP contribution in [-0.2, 0) is 16.0 Å². The number of pyridine rings is 2. The molecule has 4 rings (SSSR count). The second-order valence-electron chi connectivity index (χ2n) is 7.62. The Balaban J connectivity index is 1.78. The van der Waals surface area contributed by atoms with Crippen molar-refractivity contribution in [3.05, 3.63) is 33.7 Å². The highest BCUT2D eigenvalue weighted by Crippen LogP contribution is 2.38. The van der Waals surface area contributed by atoms with Gasteiger partial charge >= 0.3 is 5.97 Å². The van der Waals surface area contributed by atoms with Crippen LogP contribution in [0.2, 0.25) is 0 Å². The summed E-state index contributed by atoms with van der Waals surface area (Å²) in [5.41, 5.74) is 0.559. The SMILES string of the molecule is CCOC(=O)c1c(O)c2cc(C3CCC3)cnc2n(CCN2CCOCC2)c1=O. The molecule has 1 saturated heterocycles. The third kappa shape index (κ3) is 3.86. The van der Waals surface area contributed by atoms with E-state index in [4.69, 9.17) is 9.47 Å². The van der Waals surface area contributed by atoms with E-state index in [2.05, 4.69) is 9.88 Å². The number of fused-ring (bicyclic) bond motifs is 1. The molecule has 2 fully saturated rings. The van der Waals surface area contributed by atoms with E-state index in [0.29, 0.717) is 43.3 Å². The zero-order valence-electron chi connectivity index (χ0n) is 16.7. The number of rotatable bonds is 6. The van der Waals surface area contributed by atoms with Gasteiger partial charge in [-0.3, -0.25) is 14.3 Å². The number of aromatic hydroxyl groups is 1. The summed E-state index contributed by atoms with van der Waals surface area (Å²) < 4.78 is 11.9. The summed E-state index contributed by atoms with van der Waals surface area (Å²) in [6.45, 7) is 5.75. The summed E-state index contributed by atoms with van der Waals surface area (Å²) in [5, 5.41) is 11.2. The van der Waals surface area contributed by atoms with Gasteiger partial charge in [-0.2, -0.15) is 0 Å². The highest BCUT2D eigenvalue weighted by atomic mass is 16.5. The fourth-order valence-corrected chi connectivity index (χ4v) is 3.96. The molecule has 0 amide bonds. The van der Waals surface area contributed by atoms with Gasteiger partial charge in [-0.1, -0.05) is 6.42 Å². The second kappa shape index (κ2) is 8.51. The lowest BCUT2D eigenvalue weighted by atomic mass is 9.80. The third-order valence-corrected chi connectivity index (χ3v) is 5.89. The number of carbonyl (C=O) groups excluding carboxylic acids is 1. The van der Waals surface area contributed by atoms with Gasteiger partial charge in [-0.25, -0.2) is 9.78 Å². The van der Waals surface area contributed by atoms with Crippen molar-refractivity contribution in [1.82, 2.24) is 14.5 Å². The molecule has 1 saturated carbocycles. The number of morpholine rings is 1. The zero-order valence-corrected chi connectivity index (χ0v) is 16.7. The van der Waals surface area contributed by atoms with E-state index in [1.54, 1.807) is 13.1 Å². The first-order valence-corrected chi connectivity index (χ1v) is 10.3. The van der Waals surface area contributed by atoms with E-state index < -0.39 is 11.5 Å². The van der Waals surface area contributed by atoms with Crippen LogP contribution in [0.4, 0.5) is 0 Å². The van der Waals surface area contributed by atoms with E-state index in [1.165, 1.54) is 11.0 Å². The number of aromatic nitrogens is 2. The van der Waals surface area contributed by atoms with E-state index in [-0.39, 0.29) is 17.9 Å². The van der Waals surface area contributed by atoms with Crippen molar-refractivity contribution in [3.63, 3.8) is 0 Å². The topological polar surface area (TPSA) is 93.9 Å². The Labute approximate surface area is 169 Å². The smallest absolute Gasteiger partial charge is 0.347 e. The summed E-state index contributed by atoms with van der Waals surface area (Å²) in [7, 11) is 0. The highest BCUT2D eigenvalue weighted by Gasteiger charge is 2.26. The molecule has 8 heteroatoms. The molecule has 8 nitrogen and oxygen atoms in total. The predicted molar refractivity (Wildman–Crippen MR) is 107 cm³/mol. The van der Waals surface area contributed by atoms with Crippen molar-refractivity contribution in [2.75, 3.05) is 39.5 Å². The molecular weight excluding hydrogens is 374 g/mol. The van der Waals surface area contributed by atoms with Crippen LogP contribution in [0.15, 0.2) is 17.1 Å². The molecule has 1 aliphatic carbocycles. The maximum atomic E-state index is 13.1. The van der Waals surface area contributed by atoms with Crippen molar-refractivity contribution in [3.8, 4) is 5.75 Å². The molecule has 0 radical (unpaired) electrons. The van der Waals surface area contributed by atoms with Crippen LogP contribution in [0.1, 0.15) is 48.0 Å². The number of ether oxygens (including phenoxy) is 2. The number of esters is 1.